The summed E-state index contributed by atoms with van der Waals surface area (Å²) in [5, 5.41) is 3.71. The molecular weight excluding hydrogens is 322 g/mol. The molecule has 3 atom stereocenters. The van der Waals surface area contributed by atoms with Crippen molar-refractivity contribution < 1.29 is 19.1 Å². The van der Waals surface area contributed by atoms with Crippen LogP contribution in [-0.4, -0.2) is 36.1 Å². The van der Waals surface area contributed by atoms with Crippen molar-refractivity contribution in [2.24, 2.45) is 17.6 Å². The van der Waals surface area contributed by atoms with E-state index < -0.39 is 5.91 Å². The molecule has 1 aliphatic heterocycles. The molecule has 130 valence electrons. The third-order valence-corrected chi connectivity index (χ3v) is 4.81. The van der Waals surface area contributed by atoms with Crippen LogP contribution in [0.4, 0.5) is 0 Å². The van der Waals surface area contributed by atoms with Crippen LogP contribution >= 0.6 is 0 Å². The van der Waals surface area contributed by atoms with E-state index in [4.69, 9.17) is 15.2 Å². The standard InChI is InChI=1S/C18H19N3O4/c1-2-24-16-7-11-13(6-12(16)17(19)22)20-4-3-15(11)25-8-14-9-5-10(9)18(23)21-14/h3-4,6-7,9-10,14H,2,5,8H2,1H3,(H2,19,22)(H,21,23). The number of carbonyl (C=O) groups excluding carboxylic acids is 2. The highest BCUT2D eigenvalue weighted by molar-refractivity contribution is 6.01. The second kappa shape index (κ2) is 5.91. The van der Waals surface area contributed by atoms with Crippen LogP contribution in [0, 0.1) is 11.8 Å². The van der Waals surface area contributed by atoms with E-state index in [1.54, 1.807) is 24.4 Å². The SMILES string of the molecule is CCOc1cc2c(OCC3NC(=O)C4CC34)ccnc2cc1C(N)=O. The molecule has 2 aliphatic rings. The number of nitrogens with one attached hydrogen (secondary N) is 1. The van der Waals surface area contributed by atoms with E-state index >= 15 is 0 Å². The van der Waals surface area contributed by atoms with Crippen molar-refractivity contribution in [1.29, 1.82) is 0 Å². The number of carbonyl (C=O) groups is 2. The van der Waals surface area contributed by atoms with E-state index in [1.165, 1.54) is 0 Å². The molecule has 1 aromatic carbocycles. The molecule has 4 rings (SSSR count). The number of fused-ring (bicyclic) bond motifs is 2. The molecule has 7 heteroatoms. The van der Waals surface area contributed by atoms with Crippen LogP contribution in [0.3, 0.4) is 0 Å². The number of nitrogens with two attached hydrogens (primary N) is 1. The summed E-state index contributed by atoms with van der Waals surface area (Å²) in [5.41, 5.74) is 6.33. The second-order valence-electron chi connectivity index (χ2n) is 6.40. The first-order valence-corrected chi connectivity index (χ1v) is 8.37. The lowest BCUT2D eigenvalue weighted by Gasteiger charge is -2.16. The first-order chi connectivity index (χ1) is 12.1. The van der Waals surface area contributed by atoms with Crippen molar-refractivity contribution in [1.82, 2.24) is 10.3 Å². The Hall–Kier alpha value is -2.83. The Labute approximate surface area is 144 Å². The van der Waals surface area contributed by atoms with Crippen molar-refractivity contribution in [2.75, 3.05) is 13.2 Å². The normalized spacial score (nSPS) is 23.9. The summed E-state index contributed by atoms with van der Waals surface area (Å²) in [4.78, 5) is 27.6. The lowest BCUT2D eigenvalue weighted by atomic mass is 10.1. The van der Waals surface area contributed by atoms with Crippen LogP contribution in [-0.2, 0) is 4.79 Å². The van der Waals surface area contributed by atoms with Crippen molar-refractivity contribution in [3.8, 4) is 11.5 Å². The monoisotopic (exact) mass is 341 g/mol. The van der Waals surface area contributed by atoms with E-state index in [2.05, 4.69) is 10.3 Å². The molecule has 2 heterocycles. The van der Waals surface area contributed by atoms with Crippen LogP contribution < -0.4 is 20.5 Å². The molecule has 7 nitrogen and oxygen atoms in total. The van der Waals surface area contributed by atoms with Crippen LogP contribution in [0.2, 0.25) is 0 Å². The highest BCUT2D eigenvalue weighted by Gasteiger charge is 2.54. The molecular formula is C18H19N3O4. The Bertz CT molecular complexity index is 867. The molecule has 3 N–H and O–H groups in total. The topological polar surface area (TPSA) is 104 Å². The van der Waals surface area contributed by atoms with Gasteiger partial charge in [-0.3, -0.25) is 14.6 Å². The average molecular weight is 341 g/mol. The number of primary amides is 1. The highest BCUT2D eigenvalue weighted by Crippen LogP contribution is 2.46. The third-order valence-electron chi connectivity index (χ3n) is 4.81. The van der Waals surface area contributed by atoms with Crippen molar-refractivity contribution >= 4 is 22.7 Å². The first kappa shape index (κ1) is 15.7. The molecule has 1 aliphatic carbocycles. The Balaban J connectivity index is 1.63. The second-order valence-corrected chi connectivity index (χ2v) is 6.40. The van der Waals surface area contributed by atoms with Gasteiger partial charge in [0.2, 0.25) is 5.91 Å². The number of benzene rings is 1. The fraction of sp³-hybridized carbons (Fsp3) is 0.389. The molecule has 25 heavy (non-hydrogen) atoms. The highest BCUT2D eigenvalue weighted by atomic mass is 16.5. The van der Waals surface area contributed by atoms with Crippen LogP contribution in [0.1, 0.15) is 23.7 Å². The predicted octanol–water partition coefficient (Wildman–Crippen LogP) is 1.25. The van der Waals surface area contributed by atoms with E-state index in [9.17, 15) is 9.59 Å². The fourth-order valence-corrected chi connectivity index (χ4v) is 3.44. The minimum atomic E-state index is -0.563. The maximum atomic E-state index is 11.6. The van der Waals surface area contributed by atoms with Gasteiger partial charge < -0.3 is 20.5 Å². The number of nitrogens with zero attached hydrogens (tertiary/aromatic N) is 1. The number of ether oxygens (including phenoxy) is 2. The zero-order valence-electron chi connectivity index (χ0n) is 13.8. The number of piperidine rings is 1. The molecule has 1 aromatic heterocycles. The zero-order valence-corrected chi connectivity index (χ0v) is 13.8. The van der Waals surface area contributed by atoms with E-state index in [-0.39, 0.29) is 17.9 Å². The van der Waals surface area contributed by atoms with Crippen molar-refractivity contribution in [3.63, 3.8) is 0 Å². The number of amides is 2. The molecule has 2 fully saturated rings. The van der Waals surface area contributed by atoms with Crippen molar-refractivity contribution in [2.45, 2.75) is 19.4 Å². The zero-order chi connectivity index (χ0) is 17.6. The van der Waals surface area contributed by atoms with Crippen LogP contribution in [0.5, 0.6) is 11.5 Å². The number of rotatable bonds is 6. The minimum absolute atomic E-state index is 0.0528. The van der Waals surface area contributed by atoms with Gasteiger partial charge in [0.05, 0.1) is 23.7 Å². The van der Waals surface area contributed by atoms with Gasteiger partial charge in [-0.2, -0.15) is 0 Å². The fourth-order valence-electron chi connectivity index (χ4n) is 3.44. The first-order valence-electron chi connectivity index (χ1n) is 8.37. The van der Waals surface area contributed by atoms with Gasteiger partial charge in [0.1, 0.15) is 18.1 Å². The summed E-state index contributed by atoms with van der Waals surface area (Å²) in [6, 6.07) is 5.17. The lowest BCUT2D eigenvalue weighted by Crippen LogP contribution is -2.35. The van der Waals surface area contributed by atoms with Gasteiger partial charge in [-0.1, -0.05) is 0 Å². The van der Waals surface area contributed by atoms with Gasteiger partial charge in [0.25, 0.3) is 5.91 Å². The summed E-state index contributed by atoms with van der Waals surface area (Å²) >= 11 is 0. The Morgan fingerprint density at radius 1 is 1.36 bits per heavy atom. The summed E-state index contributed by atoms with van der Waals surface area (Å²) in [6.07, 6.45) is 2.57. The minimum Gasteiger partial charge on any atom is -0.493 e. The summed E-state index contributed by atoms with van der Waals surface area (Å²) < 4.78 is 11.5. The Morgan fingerprint density at radius 3 is 2.84 bits per heavy atom. The predicted molar refractivity (Wildman–Crippen MR) is 90.5 cm³/mol. The van der Waals surface area contributed by atoms with E-state index in [1.807, 2.05) is 6.92 Å². The van der Waals surface area contributed by atoms with Crippen molar-refractivity contribution in [3.05, 3.63) is 30.0 Å². The van der Waals surface area contributed by atoms with Gasteiger partial charge >= 0.3 is 0 Å². The lowest BCUT2D eigenvalue weighted by molar-refractivity contribution is -0.121. The molecule has 2 aromatic rings. The molecule has 0 bridgehead atoms. The summed E-state index contributed by atoms with van der Waals surface area (Å²) in [6.45, 7) is 2.66. The molecule has 0 radical (unpaired) electrons. The largest absolute Gasteiger partial charge is 0.493 e. The Morgan fingerprint density at radius 2 is 2.20 bits per heavy atom. The van der Waals surface area contributed by atoms with Crippen LogP contribution in [0.15, 0.2) is 24.4 Å². The van der Waals surface area contributed by atoms with E-state index in [0.717, 1.165) is 11.8 Å². The van der Waals surface area contributed by atoms with Gasteiger partial charge in [-0.05, 0) is 37.5 Å². The van der Waals surface area contributed by atoms with Gasteiger partial charge in [0.15, 0.2) is 0 Å². The van der Waals surface area contributed by atoms with Gasteiger partial charge in [-0.15, -0.1) is 0 Å². The van der Waals surface area contributed by atoms with Crippen LogP contribution in [0.25, 0.3) is 10.9 Å². The summed E-state index contributed by atoms with van der Waals surface area (Å²) in [5.74, 6) is 1.18. The Kier molecular flexibility index (Phi) is 3.71. The summed E-state index contributed by atoms with van der Waals surface area (Å²) in [7, 11) is 0. The number of aromatic nitrogens is 1. The number of hydrogen-bond donors (Lipinski definition) is 2. The van der Waals surface area contributed by atoms with Gasteiger partial charge in [-0.25, -0.2) is 0 Å². The van der Waals surface area contributed by atoms with Gasteiger partial charge in [0, 0.05) is 17.5 Å². The molecule has 1 saturated carbocycles. The number of hydrogen-bond acceptors (Lipinski definition) is 5. The quantitative estimate of drug-likeness (QED) is 0.823. The average Bonchev–Trinajstić information content (AvgIpc) is 3.33. The van der Waals surface area contributed by atoms with E-state index in [0.29, 0.717) is 41.7 Å². The molecule has 3 unspecified atom stereocenters. The maximum absolute atomic E-state index is 11.6. The number of pyridine rings is 1. The third kappa shape index (κ3) is 2.75. The molecule has 1 saturated heterocycles. The molecule has 0 spiro atoms. The maximum Gasteiger partial charge on any atom is 0.252 e. The smallest absolute Gasteiger partial charge is 0.252 e. The molecule has 2 amide bonds.